The van der Waals surface area contributed by atoms with Gasteiger partial charge in [-0.3, -0.25) is 0 Å². The van der Waals surface area contributed by atoms with Crippen LogP contribution >= 0.6 is 0 Å². The molecule has 19 heteroatoms. The van der Waals surface area contributed by atoms with Gasteiger partial charge in [0.25, 0.3) is 11.8 Å². The van der Waals surface area contributed by atoms with Crippen molar-refractivity contribution in [2.24, 2.45) is 0 Å². The molecule has 6 rings (SSSR count). The summed E-state index contributed by atoms with van der Waals surface area (Å²) in [5.41, 5.74) is -1.06. The summed E-state index contributed by atoms with van der Waals surface area (Å²) in [6, 6.07) is 7.32. The van der Waals surface area contributed by atoms with Crippen molar-refractivity contribution in [3.05, 3.63) is 70.3 Å². The third kappa shape index (κ3) is 6.54. The van der Waals surface area contributed by atoms with Gasteiger partial charge in [-0.2, -0.15) is 0 Å². The molecule has 2 unspecified atom stereocenters. The number of hydrogen-bond donors (Lipinski definition) is 3. The van der Waals surface area contributed by atoms with Gasteiger partial charge in [-0.1, -0.05) is 26.7 Å². The zero-order valence-corrected chi connectivity index (χ0v) is 26.0. The van der Waals surface area contributed by atoms with E-state index in [0.29, 0.717) is 12.8 Å². The molecule has 0 aliphatic heterocycles. The molecule has 3 N–H and O–H groups in total. The first-order valence-corrected chi connectivity index (χ1v) is 17.0. The minimum atomic E-state index is -4.12. The number of benzene rings is 2. The fraction of sp³-hybridized carbons (Fsp3) is 0.241. The first-order valence-electron chi connectivity index (χ1n) is 13.9. The molecule has 246 valence electrons. The van der Waals surface area contributed by atoms with E-state index in [-0.39, 0.29) is 46.2 Å². The van der Waals surface area contributed by atoms with Gasteiger partial charge in [-0.25, -0.2) is 40.6 Å². The van der Waals surface area contributed by atoms with Gasteiger partial charge in [0.05, 0.1) is 22.1 Å². The van der Waals surface area contributed by atoms with Crippen LogP contribution in [0.2, 0.25) is 0 Å². The average molecular weight is 697 g/mol. The highest BCUT2D eigenvalue weighted by molar-refractivity contribution is 7.97. The number of ether oxygens (including phenoxy) is 2. The molecular weight excluding hydrogens is 675 g/mol. The molecule has 0 bridgehead atoms. The number of sulfone groups is 2. The normalized spacial score (nSPS) is 17.0. The average Bonchev–Trinajstić information content (AvgIpc) is 3.96. The van der Waals surface area contributed by atoms with Crippen molar-refractivity contribution in [2.45, 2.75) is 42.7 Å². The van der Waals surface area contributed by atoms with Crippen molar-refractivity contribution in [3.63, 3.8) is 0 Å². The van der Waals surface area contributed by atoms with Crippen LogP contribution < -0.4 is 9.47 Å². The van der Waals surface area contributed by atoms with Crippen LogP contribution in [0.1, 0.15) is 63.0 Å². The molecule has 2 heterocycles. The van der Waals surface area contributed by atoms with Gasteiger partial charge >= 0.3 is 11.9 Å². The number of carboxylic acid groups (broad SMARTS) is 2. The molecule has 0 spiro atoms. The second-order valence-electron chi connectivity index (χ2n) is 10.7. The highest BCUT2D eigenvalue weighted by Gasteiger charge is 2.51. The Kier molecular flexibility index (Phi) is 8.11. The summed E-state index contributed by atoms with van der Waals surface area (Å²) in [5, 5.41) is 38.3. The molecule has 4 aromatic rings. The van der Waals surface area contributed by atoms with E-state index in [9.17, 15) is 31.5 Å². The highest BCUT2D eigenvalue weighted by Crippen LogP contribution is 2.43. The Bertz CT molecular complexity index is 2340. The Morgan fingerprint density at radius 3 is 2.44 bits per heavy atom. The zero-order chi connectivity index (χ0) is 34.4. The van der Waals surface area contributed by atoms with E-state index in [2.05, 4.69) is 48.1 Å². The van der Waals surface area contributed by atoms with Gasteiger partial charge in [0.1, 0.15) is 17.3 Å². The van der Waals surface area contributed by atoms with Crippen molar-refractivity contribution < 1.29 is 50.5 Å². The molecule has 48 heavy (non-hydrogen) atoms. The number of rotatable bonds is 9. The molecule has 2 aliphatic carbocycles. The van der Waals surface area contributed by atoms with E-state index < -0.39 is 65.5 Å². The maximum absolute atomic E-state index is 15.0. The fourth-order valence-electron chi connectivity index (χ4n) is 4.47. The number of carboxylic acids is 2. The highest BCUT2D eigenvalue weighted by atomic mass is 32.2. The number of aromatic nitrogens is 6. The molecular formula is C29H21FN6O10S2. The fourth-order valence-corrected chi connectivity index (χ4v) is 7.04. The van der Waals surface area contributed by atoms with Gasteiger partial charge in [0, 0.05) is 21.6 Å². The van der Waals surface area contributed by atoms with E-state index in [4.69, 9.17) is 14.6 Å². The van der Waals surface area contributed by atoms with Crippen molar-refractivity contribution in [1.29, 1.82) is 0 Å². The number of nitrogens with one attached hydrogen (secondary N) is 1. The minimum absolute atomic E-state index is 0.0296. The number of carbonyl (C=O) groups is 2. The summed E-state index contributed by atoms with van der Waals surface area (Å²) < 4.78 is 77.1. The standard InChI is InChI=1S/C29H21FN6O10S2/c1-15-21(8-5-17(23(15)30)10-12-47(41,42)19-6-7-19)46-27-25(29(39)40)36(35-33-27)20-14-22(20)48(43,44)11-9-16-3-2-4-18(13-16)45-26-24(28(37)38)31-34-32-26/h2-5,8,13,19-20,22H,6-7,14H2,1H3,(H,37,38)(H,39,40)(H,31,32,34). The number of halogens is 1. The lowest BCUT2D eigenvalue weighted by Gasteiger charge is -2.09. The largest absolute Gasteiger partial charge is 0.476 e. The molecule has 2 fully saturated rings. The second-order valence-corrected chi connectivity index (χ2v) is 14.5. The molecule has 2 atom stereocenters. The SMILES string of the molecule is Cc1c(Oc2nnn(C3CC3S(=O)(=O)C#Cc3cccc(Oc4nn[nH]c4C(=O)O)c3)c2C(=O)O)ccc(C#CS(=O)(=O)C2CC2)c1F. The van der Waals surface area contributed by atoms with Gasteiger partial charge in [0.15, 0.2) is 0 Å². The first-order chi connectivity index (χ1) is 22.7. The topological polar surface area (TPSA) is 234 Å². The second kappa shape index (κ2) is 12.1. The van der Waals surface area contributed by atoms with E-state index >= 15 is 4.39 Å². The minimum Gasteiger partial charge on any atom is -0.476 e. The maximum Gasteiger partial charge on any atom is 0.359 e. The molecule has 16 nitrogen and oxygen atoms in total. The quantitative estimate of drug-likeness (QED) is 0.213. The van der Waals surface area contributed by atoms with Crippen LogP contribution in [0.3, 0.4) is 0 Å². The number of hydrogen-bond acceptors (Lipinski definition) is 12. The van der Waals surface area contributed by atoms with Crippen LogP contribution in [0.15, 0.2) is 36.4 Å². The Morgan fingerprint density at radius 2 is 1.73 bits per heavy atom. The molecule has 0 amide bonds. The van der Waals surface area contributed by atoms with Crippen molar-refractivity contribution in [1.82, 2.24) is 30.4 Å². The zero-order valence-electron chi connectivity index (χ0n) is 24.4. The summed E-state index contributed by atoms with van der Waals surface area (Å²) in [5.74, 6) is 0.212. The van der Waals surface area contributed by atoms with E-state index in [1.165, 1.54) is 43.3 Å². The summed E-state index contributed by atoms with van der Waals surface area (Å²) in [7, 11) is -7.78. The molecule has 2 aliphatic rings. The summed E-state index contributed by atoms with van der Waals surface area (Å²) >= 11 is 0. The van der Waals surface area contributed by atoms with Crippen LogP contribution in [-0.2, 0) is 19.7 Å². The Labute approximate surface area is 270 Å². The number of aromatic amines is 1. The predicted octanol–water partition coefficient (Wildman–Crippen LogP) is 2.45. The lowest BCUT2D eigenvalue weighted by molar-refractivity contribution is 0.0672. The van der Waals surface area contributed by atoms with Gasteiger partial charge < -0.3 is 19.7 Å². The Balaban J connectivity index is 1.18. The van der Waals surface area contributed by atoms with E-state index in [0.717, 1.165) is 4.68 Å². The summed E-state index contributed by atoms with van der Waals surface area (Å²) in [6.07, 6.45) is 0.988. The number of aromatic carboxylic acids is 2. The van der Waals surface area contributed by atoms with Gasteiger partial charge in [-0.15, -0.1) is 0 Å². The Morgan fingerprint density at radius 1 is 0.979 bits per heavy atom. The molecule has 2 aromatic carbocycles. The number of H-pyrrole nitrogens is 1. The number of nitrogens with zero attached hydrogens (tertiary/aromatic N) is 5. The third-order valence-corrected chi connectivity index (χ3v) is 10.7. The Hall–Kier alpha value is -5.79. The monoisotopic (exact) mass is 696 g/mol. The van der Waals surface area contributed by atoms with E-state index in [1.807, 2.05) is 0 Å². The smallest absolute Gasteiger partial charge is 0.359 e. The lowest BCUT2D eigenvalue weighted by Crippen LogP contribution is -2.14. The molecule has 2 saturated carbocycles. The van der Waals surface area contributed by atoms with Crippen LogP contribution in [0.25, 0.3) is 0 Å². The third-order valence-electron chi connectivity index (χ3n) is 7.23. The molecule has 2 aromatic heterocycles. The summed E-state index contributed by atoms with van der Waals surface area (Å²) in [6.45, 7) is 1.32. The van der Waals surface area contributed by atoms with Crippen molar-refractivity contribution in [3.8, 4) is 45.6 Å². The summed E-state index contributed by atoms with van der Waals surface area (Å²) in [4.78, 5) is 23.4. The van der Waals surface area contributed by atoms with Crippen LogP contribution in [-0.4, -0.2) is 79.9 Å². The van der Waals surface area contributed by atoms with E-state index in [1.54, 1.807) is 0 Å². The van der Waals surface area contributed by atoms with Crippen LogP contribution in [0.4, 0.5) is 4.39 Å². The van der Waals surface area contributed by atoms with Crippen LogP contribution in [0, 0.1) is 35.1 Å². The molecule has 0 radical (unpaired) electrons. The first kappa shape index (κ1) is 32.2. The lowest BCUT2D eigenvalue weighted by atomic mass is 10.1. The predicted molar refractivity (Wildman–Crippen MR) is 160 cm³/mol. The van der Waals surface area contributed by atoms with Crippen LogP contribution in [0.5, 0.6) is 23.3 Å². The maximum atomic E-state index is 15.0. The van der Waals surface area contributed by atoms with Crippen molar-refractivity contribution >= 4 is 31.6 Å². The van der Waals surface area contributed by atoms with Gasteiger partial charge in [0.2, 0.25) is 31.1 Å². The van der Waals surface area contributed by atoms with Gasteiger partial charge in [-0.05, 0) is 68.4 Å². The molecule has 0 saturated heterocycles. The van der Waals surface area contributed by atoms with Crippen molar-refractivity contribution in [2.75, 3.05) is 0 Å².